The highest BCUT2D eigenvalue weighted by Crippen LogP contribution is 2.44. The van der Waals surface area contributed by atoms with Crippen molar-refractivity contribution in [3.05, 3.63) is 23.8 Å². The van der Waals surface area contributed by atoms with Crippen LogP contribution in [0.5, 0.6) is 11.5 Å². The number of benzene rings is 1. The third-order valence-corrected chi connectivity index (χ3v) is 9.12. The molecule has 3 heterocycles. The van der Waals surface area contributed by atoms with E-state index in [-0.39, 0.29) is 24.5 Å². The Morgan fingerprint density at radius 2 is 1.73 bits per heavy atom. The van der Waals surface area contributed by atoms with E-state index in [9.17, 15) is 13.2 Å². The second-order valence-corrected chi connectivity index (χ2v) is 11.3. The molecular formula is C22H30N2O5S. The molecule has 3 fully saturated rings. The molecule has 7 nitrogen and oxygen atoms in total. The predicted octanol–water partition coefficient (Wildman–Crippen LogP) is 1.95. The fourth-order valence-corrected chi connectivity index (χ4v) is 7.39. The Morgan fingerprint density at radius 1 is 1.00 bits per heavy atom. The van der Waals surface area contributed by atoms with E-state index >= 15 is 0 Å². The van der Waals surface area contributed by atoms with Gasteiger partial charge < -0.3 is 14.4 Å². The van der Waals surface area contributed by atoms with Crippen molar-refractivity contribution < 1.29 is 22.7 Å². The first-order valence-electron chi connectivity index (χ1n) is 11.1. The molecule has 0 radical (unpaired) electrons. The zero-order valence-electron chi connectivity index (χ0n) is 17.3. The van der Waals surface area contributed by atoms with E-state index in [1.807, 2.05) is 23.1 Å². The number of sulfone groups is 1. The number of fused-ring (bicyclic) bond motifs is 1. The van der Waals surface area contributed by atoms with E-state index in [0.717, 1.165) is 62.3 Å². The number of hydrogen-bond acceptors (Lipinski definition) is 6. The molecule has 1 aliphatic carbocycles. The van der Waals surface area contributed by atoms with Gasteiger partial charge in [0.15, 0.2) is 21.3 Å². The van der Waals surface area contributed by atoms with E-state index < -0.39 is 15.3 Å². The van der Waals surface area contributed by atoms with Crippen molar-refractivity contribution in [1.29, 1.82) is 0 Å². The summed E-state index contributed by atoms with van der Waals surface area (Å²) in [6.45, 7) is 3.08. The first-order valence-corrected chi connectivity index (χ1v) is 12.9. The lowest BCUT2D eigenvalue weighted by molar-refractivity contribution is -0.141. The molecule has 1 atom stereocenters. The molecule has 164 valence electrons. The van der Waals surface area contributed by atoms with E-state index in [1.165, 1.54) is 6.42 Å². The third kappa shape index (κ3) is 3.58. The molecule has 1 aromatic carbocycles. The minimum Gasteiger partial charge on any atom is -0.454 e. The van der Waals surface area contributed by atoms with Gasteiger partial charge in [0.25, 0.3) is 0 Å². The molecule has 1 unspecified atom stereocenters. The third-order valence-electron chi connectivity index (χ3n) is 7.37. The maximum absolute atomic E-state index is 13.8. The van der Waals surface area contributed by atoms with Gasteiger partial charge in [0, 0.05) is 32.2 Å². The number of rotatable bonds is 3. The SMILES string of the molecule is O=C(N1CCN(C2CCS(=O)(=O)C2)CC1)C1(c2ccc3c(c2)OCO3)CCCCC1. The lowest BCUT2D eigenvalue weighted by Crippen LogP contribution is -2.56. The van der Waals surface area contributed by atoms with Crippen molar-refractivity contribution in [3.63, 3.8) is 0 Å². The fourth-order valence-electron chi connectivity index (χ4n) is 5.63. The van der Waals surface area contributed by atoms with Crippen LogP contribution in [0.4, 0.5) is 0 Å². The van der Waals surface area contributed by atoms with Gasteiger partial charge in [0.1, 0.15) is 0 Å². The van der Waals surface area contributed by atoms with Crippen molar-refractivity contribution in [2.24, 2.45) is 0 Å². The molecule has 0 spiro atoms. The fraction of sp³-hybridized carbons (Fsp3) is 0.682. The van der Waals surface area contributed by atoms with Crippen LogP contribution in [0.15, 0.2) is 18.2 Å². The van der Waals surface area contributed by atoms with Crippen LogP contribution in [0.3, 0.4) is 0 Å². The monoisotopic (exact) mass is 434 g/mol. The molecule has 1 amide bonds. The second kappa shape index (κ2) is 7.71. The van der Waals surface area contributed by atoms with Crippen LogP contribution in [0, 0.1) is 0 Å². The van der Waals surface area contributed by atoms with Crippen LogP contribution in [0.1, 0.15) is 44.1 Å². The summed E-state index contributed by atoms with van der Waals surface area (Å²) in [5, 5.41) is 0. The highest BCUT2D eigenvalue weighted by atomic mass is 32.2. The van der Waals surface area contributed by atoms with Crippen LogP contribution in [-0.2, 0) is 20.0 Å². The molecule has 0 aromatic heterocycles. The number of ether oxygens (including phenoxy) is 2. The maximum atomic E-state index is 13.8. The average Bonchev–Trinajstić information content (AvgIpc) is 3.39. The molecule has 30 heavy (non-hydrogen) atoms. The number of nitrogens with zero attached hydrogens (tertiary/aromatic N) is 2. The molecule has 1 saturated carbocycles. The van der Waals surface area contributed by atoms with Crippen molar-refractivity contribution in [2.75, 3.05) is 44.5 Å². The predicted molar refractivity (Wildman–Crippen MR) is 113 cm³/mol. The Balaban J connectivity index is 1.33. The highest BCUT2D eigenvalue weighted by molar-refractivity contribution is 7.91. The van der Waals surface area contributed by atoms with E-state index in [0.29, 0.717) is 18.8 Å². The molecule has 0 N–H and O–H groups in total. The summed E-state index contributed by atoms with van der Waals surface area (Å²) in [4.78, 5) is 18.1. The van der Waals surface area contributed by atoms with E-state index in [2.05, 4.69) is 4.90 Å². The molecule has 3 aliphatic heterocycles. The summed E-state index contributed by atoms with van der Waals surface area (Å²) < 4.78 is 34.7. The van der Waals surface area contributed by atoms with Crippen molar-refractivity contribution in [1.82, 2.24) is 9.80 Å². The Labute approximate surface area is 178 Å². The lowest BCUT2D eigenvalue weighted by atomic mass is 9.68. The van der Waals surface area contributed by atoms with Gasteiger partial charge >= 0.3 is 0 Å². The van der Waals surface area contributed by atoms with Gasteiger partial charge in [-0.15, -0.1) is 0 Å². The topological polar surface area (TPSA) is 76.2 Å². The number of amides is 1. The molecule has 4 aliphatic rings. The van der Waals surface area contributed by atoms with Gasteiger partial charge in [-0.25, -0.2) is 8.42 Å². The second-order valence-electron chi connectivity index (χ2n) is 9.10. The Kier molecular flexibility index (Phi) is 5.17. The Hall–Kier alpha value is -1.80. The summed E-state index contributed by atoms with van der Waals surface area (Å²) in [5.41, 5.74) is 0.554. The van der Waals surface area contributed by atoms with Gasteiger partial charge in [-0.05, 0) is 37.0 Å². The van der Waals surface area contributed by atoms with Crippen LogP contribution in [0.2, 0.25) is 0 Å². The number of carbonyl (C=O) groups is 1. The molecule has 2 saturated heterocycles. The first kappa shape index (κ1) is 20.1. The summed E-state index contributed by atoms with van der Waals surface area (Å²) in [5.74, 6) is 2.26. The summed E-state index contributed by atoms with van der Waals surface area (Å²) in [6, 6.07) is 6.09. The van der Waals surface area contributed by atoms with Gasteiger partial charge in [-0.2, -0.15) is 0 Å². The minimum absolute atomic E-state index is 0.116. The van der Waals surface area contributed by atoms with E-state index in [4.69, 9.17) is 9.47 Å². The summed E-state index contributed by atoms with van der Waals surface area (Å²) in [6.07, 6.45) is 5.74. The van der Waals surface area contributed by atoms with E-state index in [1.54, 1.807) is 0 Å². The summed E-state index contributed by atoms with van der Waals surface area (Å²) in [7, 11) is -2.89. The zero-order chi connectivity index (χ0) is 20.8. The summed E-state index contributed by atoms with van der Waals surface area (Å²) >= 11 is 0. The molecule has 8 heteroatoms. The van der Waals surface area contributed by atoms with Crippen LogP contribution >= 0.6 is 0 Å². The highest BCUT2D eigenvalue weighted by Gasteiger charge is 2.45. The molecule has 0 bridgehead atoms. The van der Waals surface area contributed by atoms with Crippen molar-refractivity contribution in [3.8, 4) is 11.5 Å². The first-order chi connectivity index (χ1) is 14.5. The van der Waals surface area contributed by atoms with Crippen LogP contribution < -0.4 is 9.47 Å². The van der Waals surface area contributed by atoms with Crippen molar-refractivity contribution >= 4 is 15.7 Å². The van der Waals surface area contributed by atoms with Crippen LogP contribution in [-0.4, -0.2) is 74.6 Å². The number of carbonyl (C=O) groups excluding carboxylic acids is 1. The molecule has 5 rings (SSSR count). The quantitative estimate of drug-likeness (QED) is 0.724. The van der Waals surface area contributed by atoms with Crippen LogP contribution in [0.25, 0.3) is 0 Å². The molecular weight excluding hydrogens is 404 g/mol. The normalized spacial score (nSPS) is 27.9. The number of hydrogen-bond donors (Lipinski definition) is 0. The van der Waals surface area contributed by atoms with Gasteiger partial charge in [0.05, 0.1) is 16.9 Å². The number of piperazine rings is 1. The molecule has 1 aromatic rings. The minimum atomic E-state index is -2.89. The van der Waals surface area contributed by atoms with Gasteiger partial charge in [0.2, 0.25) is 12.7 Å². The zero-order valence-corrected chi connectivity index (χ0v) is 18.2. The van der Waals surface area contributed by atoms with Gasteiger partial charge in [-0.3, -0.25) is 9.69 Å². The maximum Gasteiger partial charge on any atom is 0.233 e. The Morgan fingerprint density at radius 3 is 2.43 bits per heavy atom. The average molecular weight is 435 g/mol. The Bertz CT molecular complexity index is 917. The van der Waals surface area contributed by atoms with Crippen molar-refractivity contribution in [2.45, 2.75) is 50.0 Å². The largest absolute Gasteiger partial charge is 0.454 e. The lowest BCUT2D eigenvalue weighted by Gasteiger charge is -2.44. The standard InChI is InChI=1S/C22H30N2O5S/c25-21(24-11-9-23(10-12-24)18-6-13-30(26,27)15-18)22(7-2-1-3-8-22)17-4-5-19-20(14-17)29-16-28-19/h4-5,14,18H,1-3,6-13,15-16H2. The smallest absolute Gasteiger partial charge is 0.233 e. The van der Waals surface area contributed by atoms with Gasteiger partial charge in [-0.1, -0.05) is 25.3 Å².